The zero-order valence-corrected chi connectivity index (χ0v) is 11.9. The molecular formula is C13H15BrFN3. The highest BCUT2D eigenvalue weighted by Gasteiger charge is 2.20. The summed E-state index contributed by atoms with van der Waals surface area (Å²) in [6, 6.07) is 6.56. The van der Waals surface area contributed by atoms with Gasteiger partial charge in [-0.2, -0.15) is 5.10 Å². The van der Waals surface area contributed by atoms with E-state index in [-0.39, 0.29) is 11.9 Å². The van der Waals surface area contributed by atoms with Gasteiger partial charge in [0.05, 0.1) is 22.4 Å². The third kappa shape index (κ3) is 2.62. The molecule has 1 heterocycles. The number of hydrogen-bond donors (Lipinski definition) is 1. The zero-order chi connectivity index (χ0) is 13.1. The van der Waals surface area contributed by atoms with Crippen molar-refractivity contribution in [1.82, 2.24) is 15.1 Å². The average Bonchev–Trinajstić information content (AvgIpc) is 2.67. The highest BCUT2D eigenvalue weighted by molar-refractivity contribution is 9.10. The Hall–Kier alpha value is -1.20. The molecule has 0 fully saturated rings. The van der Waals surface area contributed by atoms with Crippen LogP contribution in [0.2, 0.25) is 0 Å². The van der Waals surface area contributed by atoms with Crippen LogP contribution in [0.3, 0.4) is 0 Å². The molecule has 0 spiro atoms. The van der Waals surface area contributed by atoms with Crippen molar-refractivity contribution < 1.29 is 4.39 Å². The molecule has 0 aliphatic heterocycles. The number of halogens is 2. The Morgan fingerprint density at radius 1 is 1.50 bits per heavy atom. The number of nitrogens with one attached hydrogen (secondary N) is 1. The second-order valence-corrected chi connectivity index (χ2v) is 4.90. The summed E-state index contributed by atoms with van der Waals surface area (Å²) in [5.74, 6) is -0.228. The number of hydrogen-bond acceptors (Lipinski definition) is 2. The molecule has 96 valence electrons. The lowest BCUT2D eigenvalue weighted by Gasteiger charge is -2.19. The molecule has 0 bridgehead atoms. The second-order valence-electron chi connectivity index (χ2n) is 4.05. The van der Waals surface area contributed by atoms with Crippen LogP contribution in [-0.4, -0.2) is 16.3 Å². The summed E-state index contributed by atoms with van der Waals surface area (Å²) in [5, 5.41) is 7.56. The maximum absolute atomic E-state index is 13.3. The lowest BCUT2D eigenvalue weighted by molar-refractivity contribution is 0.563. The van der Waals surface area contributed by atoms with Crippen molar-refractivity contribution in [2.75, 3.05) is 6.54 Å². The normalized spacial score (nSPS) is 12.7. The Labute approximate surface area is 114 Å². The minimum Gasteiger partial charge on any atom is -0.305 e. The molecule has 1 unspecified atom stereocenters. The largest absolute Gasteiger partial charge is 0.305 e. The monoisotopic (exact) mass is 311 g/mol. The highest BCUT2D eigenvalue weighted by atomic mass is 79.9. The molecule has 3 nitrogen and oxygen atoms in total. The topological polar surface area (TPSA) is 29.9 Å². The van der Waals surface area contributed by atoms with Gasteiger partial charge in [0.2, 0.25) is 0 Å². The molecule has 0 aliphatic rings. The Balaban J connectivity index is 2.46. The minimum absolute atomic E-state index is 0.0763. The van der Waals surface area contributed by atoms with Crippen molar-refractivity contribution in [3.8, 4) is 0 Å². The molecule has 1 N–H and O–H groups in total. The first-order valence-corrected chi connectivity index (χ1v) is 6.59. The number of aromatic nitrogens is 2. The van der Waals surface area contributed by atoms with Gasteiger partial charge in [-0.3, -0.25) is 4.68 Å². The average molecular weight is 312 g/mol. The van der Waals surface area contributed by atoms with Gasteiger partial charge < -0.3 is 5.32 Å². The van der Waals surface area contributed by atoms with E-state index in [0.717, 1.165) is 22.3 Å². The van der Waals surface area contributed by atoms with E-state index in [0.29, 0.717) is 0 Å². The number of nitrogens with zero attached hydrogens (tertiary/aromatic N) is 2. The van der Waals surface area contributed by atoms with Gasteiger partial charge in [-0.05, 0) is 40.2 Å². The molecule has 5 heteroatoms. The summed E-state index contributed by atoms with van der Waals surface area (Å²) in [7, 11) is 1.88. The van der Waals surface area contributed by atoms with Crippen LogP contribution in [0.25, 0.3) is 0 Å². The quantitative estimate of drug-likeness (QED) is 0.940. The van der Waals surface area contributed by atoms with Crippen molar-refractivity contribution in [2.45, 2.75) is 13.0 Å². The molecule has 0 aliphatic carbocycles. The van der Waals surface area contributed by atoms with Gasteiger partial charge in [0.25, 0.3) is 0 Å². The van der Waals surface area contributed by atoms with E-state index >= 15 is 0 Å². The summed E-state index contributed by atoms with van der Waals surface area (Å²) in [6.07, 6.45) is 1.75. The van der Waals surface area contributed by atoms with Gasteiger partial charge in [0.15, 0.2) is 0 Å². The van der Waals surface area contributed by atoms with E-state index in [1.165, 1.54) is 6.07 Å². The van der Waals surface area contributed by atoms with Crippen molar-refractivity contribution in [2.24, 2.45) is 7.05 Å². The third-order valence-electron chi connectivity index (χ3n) is 2.80. The first-order chi connectivity index (χ1) is 8.63. The van der Waals surface area contributed by atoms with E-state index in [4.69, 9.17) is 0 Å². The van der Waals surface area contributed by atoms with Gasteiger partial charge in [-0.1, -0.05) is 19.1 Å². The van der Waals surface area contributed by atoms with Gasteiger partial charge >= 0.3 is 0 Å². The maximum atomic E-state index is 13.3. The molecule has 18 heavy (non-hydrogen) atoms. The van der Waals surface area contributed by atoms with Crippen LogP contribution < -0.4 is 5.32 Å². The highest BCUT2D eigenvalue weighted by Crippen LogP contribution is 2.28. The lowest BCUT2D eigenvalue weighted by atomic mass is 10.0. The smallest absolute Gasteiger partial charge is 0.123 e. The fourth-order valence-corrected chi connectivity index (χ4v) is 2.58. The van der Waals surface area contributed by atoms with Crippen molar-refractivity contribution in [3.63, 3.8) is 0 Å². The fourth-order valence-electron chi connectivity index (χ4n) is 2.01. The molecule has 1 aromatic heterocycles. The number of benzene rings is 1. The number of rotatable bonds is 4. The molecular weight excluding hydrogens is 297 g/mol. The van der Waals surface area contributed by atoms with Crippen molar-refractivity contribution in [3.05, 3.63) is 52.0 Å². The molecule has 0 amide bonds. The van der Waals surface area contributed by atoms with Gasteiger partial charge in [-0.25, -0.2) is 4.39 Å². The van der Waals surface area contributed by atoms with E-state index in [2.05, 4.69) is 26.3 Å². The summed E-state index contributed by atoms with van der Waals surface area (Å²) >= 11 is 3.49. The van der Waals surface area contributed by atoms with E-state index < -0.39 is 0 Å². The van der Waals surface area contributed by atoms with Crippen molar-refractivity contribution in [1.29, 1.82) is 0 Å². The van der Waals surface area contributed by atoms with Crippen LogP contribution in [0.1, 0.15) is 24.2 Å². The Morgan fingerprint density at radius 2 is 2.28 bits per heavy atom. The summed E-state index contributed by atoms with van der Waals surface area (Å²) in [5.41, 5.74) is 1.88. The van der Waals surface area contributed by atoms with Crippen LogP contribution in [0, 0.1) is 5.82 Å². The molecule has 2 aromatic rings. The van der Waals surface area contributed by atoms with E-state index in [9.17, 15) is 4.39 Å². The summed E-state index contributed by atoms with van der Waals surface area (Å²) in [4.78, 5) is 0. The molecule has 0 radical (unpaired) electrons. The van der Waals surface area contributed by atoms with E-state index in [1.54, 1.807) is 23.0 Å². The van der Waals surface area contributed by atoms with Crippen LogP contribution in [0.4, 0.5) is 4.39 Å². The summed E-state index contributed by atoms with van der Waals surface area (Å²) in [6.45, 7) is 2.81. The number of aryl methyl sites for hydroxylation is 1. The Bertz CT molecular complexity index is 519. The zero-order valence-electron chi connectivity index (χ0n) is 10.3. The Kier molecular flexibility index (Phi) is 4.14. The first kappa shape index (κ1) is 13.2. The van der Waals surface area contributed by atoms with Crippen LogP contribution >= 0.6 is 15.9 Å². The second kappa shape index (κ2) is 5.63. The lowest BCUT2D eigenvalue weighted by Crippen LogP contribution is -2.24. The van der Waals surface area contributed by atoms with Gasteiger partial charge in [-0.15, -0.1) is 0 Å². The Morgan fingerprint density at radius 3 is 2.83 bits per heavy atom. The SMILES string of the molecule is CCNC(c1cccc(F)c1)c1c(Br)cnn1C. The van der Waals surface area contributed by atoms with Crippen LogP contribution in [0.5, 0.6) is 0 Å². The molecule has 0 saturated carbocycles. The predicted molar refractivity (Wildman–Crippen MR) is 72.8 cm³/mol. The van der Waals surface area contributed by atoms with Gasteiger partial charge in [0, 0.05) is 7.05 Å². The van der Waals surface area contributed by atoms with E-state index in [1.807, 2.05) is 20.0 Å². The molecule has 1 aromatic carbocycles. The molecule has 1 atom stereocenters. The third-order valence-corrected chi connectivity index (χ3v) is 3.41. The van der Waals surface area contributed by atoms with Crippen LogP contribution in [-0.2, 0) is 7.05 Å². The standard InChI is InChI=1S/C13H15BrFN3/c1-3-16-12(9-5-4-6-10(15)7-9)13-11(14)8-17-18(13)2/h4-8,12,16H,3H2,1-2H3. The maximum Gasteiger partial charge on any atom is 0.123 e. The van der Waals surface area contributed by atoms with Crippen molar-refractivity contribution >= 4 is 15.9 Å². The summed E-state index contributed by atoms with van der Waals surface area (Å²) < 4.78 is 16.1. The predicted octanol–water partition coefficient (Wildman–Crippen LogP) is 3.02. The minimum atomic E-state index is -0.228. The van der Waals surface area contributed by atoms with Crippen LogP contribution in [0.15, 0.2) is 34.9 Å². The first-order valence-electron chi connectivity index (χ1n) is 5.79. The molecule has 2 rings (SSSR count). The van der Waals surface area contributed by atoms with Gasteiger partial charge in [0.1, 0.15) is 5.82 Å². The fraction of sp³-hybridized carbons (Fsp3) is 0.308. The molecule has 0 saturated heterocycles.